The number of nitrogens with zero attached hydrogens (tertiary/aromatic N) is 2. The zero-order valence-corrected chi connectivity index (χ0v) is 21.1. The monoisotopic (exact) mass is 497 g/mol. The Labute approximate surface area is 225 Å². The van der Waals surface area contributed by atoms with Gasteiger partial charge in [-0.1, -0.05) is 103 Å². The number of benzene rings is 5. The molecule has 39 heavy (non-hydrogen) atoms. The van der Waals surface area contributed by atoms with E-state index in [0.29, 0.717) is 0 Å². The van der Waals surface area contributed by atoms with Crippen LogP contribution in [-0.4, -0.2) is 15.0 Å². The Kier molecular flexibility index (Phi) is 4.82. The van der Waals surface area contributed by atoms with E-state index in [1.807, 2.05) is 12.3 Å². The SMILES string of the molecule is c1ccc(-c2cc(-c3ccccc3)c3c(n2)c(-c2ccc4ccc5cc[nH]c5c4n2)cc2ccccc23)cc1. The van der Waals surface area contributed by atoms with E-state index >= 15 is 0 Å². The number of H-pyrrole nitrogens is 1. The predicted octanol–water partition coefficient (Wildman–Crippen LogP) is 9.42. The van der Waals surface area contributed by atoms with Gasteiger partial charge in [-0.2, -0.15) is 0 Å². The first-order valence-electron chi connectivity index (χ1n) is 13.2. The molecule has 0 aliphatic heterocycles. The summed E-state index contributed by atoms with van der Waals surface area (Å²) < 4.78 is 0. The summed E-state index contributed by atoms with van der Waals surface area (Å²) in [6.07, 6.45) is 1.98. The summed E-state index contributed by atoms with van der Waals surface area (Å²) in [6, 6.07) is 44.8. The molecule has 0 unspecified atom stereocenters. The first-order chi connectivity index (χ1) is 19.3. The van der Waals surface area contributed by atoms with E-state index in [9.17, 15) is 0 Å². The Balaban J connectivity index is 1.53. The summed E-state index contributed by atoms with van der Waals surface area (Å²) in [5.74, 6) is 0. The van der Waals surface area contributed by atoms with Gasteiger partial charge < -0.3 is 4.98 Å². The van der Waals surface area contributed by atoms with Gasteiger partial charge in [-0.3, -0.25) is 0 Å². The molecule has 1 N–H and O–H groups in total. The molecule has 0 bridgehead atoms. The molecule has 0 spiro atoms. The first-order valence-corrected chi connectivity index (χ1v) is 13.2. The number of aromatic nitrogens is 3. The maximum absolute atomic E-state index is 5.34. The van der Waals surface area contributed by atoms with Crippen molar-refractivity contribution in [1.29, 1.82) is 0 Å². The van der Waals surface area contributed by atoms with E-state index in [0.717, 1.165) is 55.2 Å². The molecule has 3 aromatic heterocycles. The van der Waals surface area contributed by atoms with Gasteiger partial charge in [0, 0.05) is 33.5 Å². The number of aromatic amines is 1. The smallest absolute Gasteiger partial charge is 0.0950 e. The van der Waals surface area contributed by atoms with Crippen LogP contribution in [0.25, 0.3) is 77.1 Å². The molecule has 0 saturated carbocycles. The summed E-state index contributed by atoms with van der Waals surface area (Å²) in [4.78, 5) is 14.0. The van der Waals surface area contributed by atoms with E-state index in [4.69, 9.17) is 9.97 Å². The quantitative estimate of drug-likeness (QED) is 0.247. The summed E-state index contributed by atoms with van der Waals surface area (Å²) >= 11 is 0. The standard InChI is InChI=1S/C36H23N3/c1-3-9-23(10-4-1)29-22-32(24-11-5-2-6-12-24)39-36-30(21-27-13-7-8-14-28(27)33(29)36)31-18-17-25-15-16-26-19-20-37-34(26)35(25)38-31/h1-22,37H. The van der Waals surface area contributed by atoms with Crippen LogP contribution in [0.2, 0.25) is 0 Å². The Morgan fingerprint density at radius 2 is 1.15 bits per heavy atom. The maximum atomic E-state index is 5.34. The second kappa shape index (κ2) is 8.64. The summed E-state index contributed by atoms with van der Waals surface area (Å²) in [5, 5.41) is 5.78. The molecule has 0 saturated heterocycles. The molecule has 3 nitrogen and oxygen atoms in total. The van der Waals surface area contributed by atoms with Crippen molar-refractivity contribution in [2.45, 2.75) is 0 Å². The molecule has 3 heterocycles. The lowest BCUT2D eigenvalue weighted by molar-refractivity contribution is 1.37. The Morgan fingerprint density at radius 3 is 2.00 bits per heavy atom. The highest BCUT2D eigenvalue weighted by atomic mass is 14.8. The predicted molar refractivity (Wildman–Crippen MR) is 163 cm³/mol. The van der Waals surface area contributed by atoms with Crippen LogP contribution in [-0.2, 0) is 0 Å². The fraction of sp³-hybridized carbons (Fsp3) is 0. The average molecular weight is 498 g/mol. The van der Waals surface area contributed by atoms with Crippen molar-refractivity contribution in [3.05, 3.63) is 134 Å². The summed E-state index contributed by atoms with van der Waals surface area (Å²) in [5.41, 5.74) is 9.32. The molecule has 8 rings (SSSR count). The minimum absolute atomic E-state index is 0.914. The third kappa shape index (κ3) is 3.52. The minimum atomic E-state index is 0.914. The Morgan fingerprint density at radius 1 is 0.462 bits per heavy atom. The van der Waals surface area contributed by atoms with Crippen LogP contribution < -0.4 is 0 Å². The normalized spacial score (nSPS) is 11.6. The van der Waals surface area contributed by atoms with Gasteiger partial charge in [0.05, 0.1) is 27.9 Å². The topological polar surface area (TPSA) is 41.6 Å². The van der Waals surface area contributed by atoms with Crippen LogP contribution in [0, 0.1) is 0 Å². The van der Waals surface area contributed by atoms with E-state index in [1.54, 1.807) is 0 Å². The molecule has 0 atom stereocenters. The molecule has 5 aromatic carbocycles. The molecular weight excluding hydrogens is 474 g/mol. The number of hydrogen-bond acceptors (Lipinski definition) is 2. The lowest BCUT2D eigenvalue weighted by atomic mass is 9.91. The first kappa shape index (κ1) is 21.8. The second-order valence-corrected chi connectivity index (χ2v) is 9.93. The molecule has 8 aromatic rings. The van der Waals surface area contributed by atoms with Crippen LogP contribution in [0.15, 0.2) is 134 Å². The van der Waals surface area contributed by atoms with E-state index in [2.05, 4.69) is 126 Å². The Bertz CT molecular complexity index is 2160. The zero-order valence-electron chi connectivity index (χ0n) is 21.1. The van der Waals surface area contributed by atoms with Crippen LogP contribution in [0.1, 0.15) is 0 Å². The third-order valence-corrected chi connectivity index (χ3v) is 7.62. The number of rotatable bonds is 3. The van der Waals surface area contributed by atoms with Crippen molar-refractivity contribution < 1.29 is 0 Å². The third-order valence-electron chi connectivity index (χ3n) is 7.62. The van der Waals surface area contributed by atoms with Gasteiger partial charge in [0.1, 0.15) is 0 Å². The van der Waals surface area contributed by atoms with Gasteiger partial charge in [0.2, 0.25) is 0 Å². The Hall–Kier alpha value is -5.28. The van der Waals surface area contributed by atoms with E-state index < -0.39 is 0 Å². The van der Waals surface area contributed by atoms with Gasteiger partial charge in [0.25, 0.3) is 0 Å². The average Bonchev–Trinajstić information content (AvgIpc) is 3.50. The summed E-state index contributed by atoms with van der Waals surface area (Å²) in [6.45, 7) is 0. The van der Waals surface area contributed by atoms with Crippen molar-refractivity contribution in [2.24, 2.45) is 0 Å². The zero-order chi connectivity index (χ0) is 25.8. The lowest BCUT2D eigenvalue weighted by Crippen LogP contribution is -1.95. The highest BCUT2D eigenvalue weighted by molar-refractivity contribution is 6.18. The fourth-order valence-electron chi connectivity index (χ4n) is 5.74. The van der Waals surface area contributed by atoms with Gasteiger partial charge >= 0.3 is 0 Å². The number of nitrogens with one attached hydrogen (secondary N) is 1. The molecular formula is C36H23N3. The second-order valence-electron chi connectivity index (χ2n) is 9.93. The van der Waals surface area contributed by atoms with Gasteiger partial charge in [-0.15, -0.1) is 0 Å². The van der Waals surface area contributed by atoms with Crippen LogP contribution in [0.4, 0.5) is 0 Å². The van der Waals surface area contributed by atoms with Gasteiger partial charge in [0.15, 0.2) is 0 Å². The van der Waals surface area contributed by atoms with Gasteiger partial charge in [-0.05, 0) is 46.2 Å². The lowest BCUT2D eigenvalue weighted by Gasteiger charge is -2.16. The van der Waals surface area contributed by atoms with Crippen molar-refractivity contribution >= 4 is 43.5 Å². The van der Waals surface area contributed by atoms with E-state index in [1.165, 1.54) is 21.9 Å². The van der Waals surface area contributed by atoms with Crippen LogP contribution in [0.5, 0.6) is 0 Å². The van der Waals surface area contributed by atoms with Gasteiger partial charge in [-0.25, -0.2) is 9.97 Å². The fourth-order valence-corrected chi connectivity index (χ4v) is 5.74. The molecule has 3 heteroatoms. The minimum Gasteiger partial charge on any atom is -0.359 e. The largest absolute Gasteiger partial charge is 0.359 e. The van der Waals surface area contributed by atoms with Crippen molar-refractivity contribution in [3.63, 3.8) is 0 Å². The highest BCUT2D eigenvalue weighted by Gasteiger charge is 2.18. The van der Waals surface area contributed by atoms with Crippen LogP contribution in [0.3, 0.4) is 0 Å². The summed E-state index contributed by atoms with van der Waals surface area (Å²) in [7, 11) is 0. The van der Waals surface area contributed by atoms with Crippen LogP contribution >= 0.6 is 0 Å². The van der Waals surface area contributed by atoms with Crippen molar-refractivity contribution in [3.8, 4) is 33.6 Å². The molecule has 0 aliphatic rings. The maximum Gasteiger partial charge on any atom is 0.0950 e. The number of hydrogen-bond donors (Lipinski definition) is 1. The molecule has 0 aliphatic carbocycles. The molecule has 0 amide bonds. The number of pyridine rings is 2. The van der Waals surface area contributed by atoms with E-state index in [-0.39, 0.29) is 0 Å². The molecule has 0 radical (unpaired) electrons. The van der Waals surface area contributed by atoms with Crippen molar-refractivity contribution in [1.82, 2.24) is 15.0 Å². The molecule has 0 fully saturated rings. The highest BCUT2D eigenvalue weighted by Crippen LogP contribution is 2.41. The van der Waals surface area contributed by atoms with Crippen molar-refractivity contribution in [2.75, 3.05) is 0 Å². The molecule has 182 valence electrons. The number of fused-ring (bicyclic) bond motifs is 6.